The first kappa shape index (κ1) is 26.2. The zero-order chi connectivity index (χ0) is 22.2. The molecule has 1 heterocycles. The molecule has 0 saturated heterocycles. The molecular weight excluding hydrogens is 517 g/mol. The van der Waals surface area contributed by atoms with Crippen LogP contribution in [-0.2, 0) is 11.3 Å². The monoisotopic (exact) mass is 553 g/mol. The molecule has 2 aromatic rings. The van der Waals surface area contributed by atoms with Gasteiger partial charge < -0.3 is 20.4 Å². The molecule has 1 aliphatic carbocycles. The summed E-state index contributed by atoms with van der Waals surface area (Å²) in [6, 6.07) is 8.51. The highest BCUT2D eigenvalue weighted by Crippen LogP contribution is 2.25. The van der Waals surface area contributed by atoms with Crippen LogP contribution in [0.5, 0.6) is 0 Å². The molecule has 1 aliphatic rings. The van der Waals surface area contributed by atoms with Crippen LogP contribution < -0.4 is 16.0 Å². The second kappa shape index (κ2) is 12.8. The lowest BCUT2D eigenvalue weighted by atomic mass is 9.85. The van der Waals surface area contributed by atoms with E-state index >= 15 is 0 Å². The number of amides is 1. The Morgan fingerprint density at radius 2 is 2.00 bits per heavy atom. The standard InChI is InChI=1S/C24H35N5O2.HI/c1-5-25-24(29-20-8-6-7-19(13-20)22(30)27-16(2)3)26-14-21-15-31-23(28-21)18-11-9-17(4)10-12-18;/h9-12,15-16,19-20H,5-8,13-14H2,1-4H3,(H,27,30)(H2,25,26,29);1H. The number of carbonyl (C=O) groups excluding carboxylic acids is 1. The predicted octanol–water partition coefficient (Wildman–Crippen LogP) is 4.41. The number of rotatable bonds is 7. The zero-order valence-electron chi connectivity index (χ0n) is 19.5. The van der Waals surface area contributed by atoms with Crippen molar-refractivity contribution >= 4 is 35.8 Å². The molecule has 8 heteroatoms. The second-order valence-corrected chi connectivity index (χ2v) is 8.57. The van der Waals surface area contributed by atoms with Crippen LogP contribution in [0.15, 0.2) is 39.9 Å². The third kappa shape index (κ3) is 7.79. The van der Waals surface area contributed by atoms with Crippen LogP contribution in [0, 0.1) is 12.8 Å². The van der Waals surface area contributed by atoms with Gasteiger partial charge in [-0.3, -0.25) is 4.79 Å². The van der Waals surface area contributed by atoms with Crippen LogP contribution in [0.2, 0.25) is 0 Å². The van der Waals surface area contributed by atoms with E-state index in [0.717, 1.165) is 49.4 Å². The van der Waals surface area contributed by atoms with Gasteiger partial charge in [0.05, 0.1) is 6.54 Å². The molecule has 1 amide bonds. The van der Waals surface area contributed by atoms with Crippen LogP contribution in [0.3, 0.4) is 0 Å². The molecule has 0 radical (unpaired) electrons. The number of nitrogens with zero attached hydrogens (tertiary/aromatic N) is 2. The van der Waals surface area contributed by atoms with Gasteiger partial charge in [0.2, 0.25) is 11.8 Å². The first-order valence-electron chi connectivity index (χ1n) is 11.3. The summed E-state index contributed by atoms with van der Waals surface area (Å²) in [5.74, 6) is 1.57. The molecule has 2 atom stereocenters. The van der Waals surface area contributed by atoms with Gasteiger partial charge in [0.15, 0.2) is 5.96 Å². The summed E-state index contributed by atoms with van der Waals surface area (Å²) < 4.78 is 5.64. The third-order valence-corrected chi connectivity index (χ3v) is 5.41. The highest BCUT2D eigenvalue weighted by atomic mass is 127. The minimum absolute atomic E-state index is 0. The molecular formula is C24H36IN5O2. The molecule has 7 nitrogen and oxygen atoms in total. The summed E-state index contributed by atoms with van der Waals surface area (Å²) in [5, 5.41) is 9.86. The summed E-state index contributed by atoms with van der Waals surface area (Å²) in [6.45, 7) is 9.29. The van der Waals surface area contributed by atoms with Gasteiger partial charge in [-0.25, -0.2) is 9.98 Å². The maximum absolute atomic E-state index is 12.4. The highest BCUT2D eigenvalue weighted by Gasteiger charge is 2.28. The lowest BCUT2D eigenvalue weighted by Gasteiger charge is -2.30. The zero-order valence-corrected chi connectivity index (χ0v) is 21.8. The van der Waals surface area contributed by atoms with Gasteiger partial charge in [0.1, 0.15) is 12.0 Å². The van der Waals surface area contributed by atoms with Crippen molar-refractivity contribution in [2.45, 2.75) is 72.0 Å². The number of aromatic nitrogens is 1. The van der Waals surface area contributed by atoms with Crippen molar-refractivity contribution in [3.63, 3.8) is 0 Å². The Bertz CT molecular complexity index is 879. The first-order valence-corrected chi connectivity index (χ1v) is 11.3. The van der Waals surface area contributed by atoms with E-state index in [1.54, 1.807) is 6.26 Å². The average molecular weight is 553 g/mol. The SMILES string of the molecule is CCNC(=NCc1coc(-c2ccc(C)cc2)n1)NC1CCCC(C(=O)NC(C)C)C1.I. The quantitative estimate of drug-likeness (QED) is 0.269. The Morgan fingerprint density at radius 3 is 2.69 bits per heavy atom. The van der Waals surface area contributed by atoms with Gasteiger partial charge in [0.25, 0.3) is 0 Å². The lowest BCUT2D eigenvalue weighted by Crippen LogP contribution is -2.47. The summed E-state index contributed by atoms with van der Waals surface area (Å²) in [4.78, 5) is 21.7. The van der Waals surface area contributed by atoms with Crippen LogP contribution in [0.4, 0.5) is 0 Å². The molecule has 0 aliphatic heterocycles. The molecule has 1 aromatic carbocycles. The Kier molecular flexibility index (Phi) is 10.5. The fourth-order valence-corrected chi connectivity index (χ4v) is 3.84. The number of aliphatic imine (C=N–C) groups is 1. The largest absolute Gasteiger partial charge is 0.444 e. The topological polar surface area (TPSA) is 91.6 Å². The number of oxazole rings is 1. The van der Waals surface area contributed by atoms with Gasteiger partial charge >= 0.3 is 0 Å². The number of hydrogen-bond donors (Lipinski definition) is 3. The van der Waals surface area contributed by atoms with Crippen molar-refractivity contribution in [1.29, 1.82) is 0 Å². The van der Waals surface area contributed by atoms with E-state index in [2.05, 4.69) is 32.9 Å². The Balaban J connectivity index is 0.00000363. The van der Waals surface area contributed by atoms with Gasteiger partial charge in [0, 0.05) is 30.1 Å². The number of halogens is 1. The van der Waals surface area contributed by atoms with E-state index in [1.807, 2.05) is 45.0 Å². The van der Waals surface area contributed by atoms with Gasteiger partial charge in [-0.15, -0.1) is 24.0 Å². The fraction of sp³-hybridized carbons (Fsp3) is 0.542. The molecule has 176 valence electrons. The number of aryl methyl sites for hydroxylation is 1. The minimum Gasteiger partial charge on any atom is -0.444 e. The van der Waals surface area contributed by atoms with Crippen molar-refractivity contribution in [3.8, 4) is 11.5 Å². The second-order valence-electron chi connectivity index (χ2n) is 8.57. The summed E-state index contributed by atoms with van der Waals surface area (Å²) in [5.41, 5.74) is 2.94. The van der Waals surface area contributed by atoms with E-state index < -0.39 is 0 Å². The van der Waals surface area contributed by atoms with Crippen LogP contribution in [-0.4, -0.2) is 35.5 Å². The Hall–Kier alpha value is -2.10. The normalized spacial score (nSPS) is 18.7. The molecule has 3 N–H and O–H groups in total. The van der Waals surface area contributed by atoms with Gasteiger partial charge in [-0.05, 0) is 59.1 Å². The Labute approximate surface area is 208 Å². The molecule has 2 unspecified atom stereocenters. The van der Waals surface area contributed by atoms with Crippen molar-refractivity contribution < 1.29 is 9.21 Å². The fourth-order valence-electron chi connectivity index (χ4n) is 3.84. The summed E-state index contributed by atoms with van der Waals surface area (Å²) in [7, 11) is 0. The smallest absolute Gasteiger partial charge is 0.226 e. The van der Waals surface area contributed by atoms with E-state index in [0.29, 0.717) is 12.4 Å². The number of nitrogens with one attached hydrogen (secondary N) is 3. The van der Waals surface area contributed by atoms with Crippen molar-refractivity contribution in [1.82, 2.24) is 20.9 Å². The molecule has 1 saturated carbocycles. The van der Waals surface area contributed by atoms with E-state index in [1.165, 1.54) is 5.56 Å². The van der Waals surface area contributed by atoms with E-state index in [-0.39, 0.29) is 47.9 Å². The molecule has 1 aromatic heterocycles. The van der Waals surface area contributed by atoms with Crippen LogP contribution in [0.25, 0.3) is 11.5 Å². The molecule has 0 bridgehead atoms. The summed E-state index contributed by atoms with van der Waals surface area (Å²) in [6.07, 6.45) is 5.51. The lowest BCUT2D eigenvalue weighted by molar-refractivity contribution is -0.126. The van der Waals surface area contributed by atoms with Crippen molar-refractivity contribution in [2.24, 2.45) is 10.9 Å². The van der Waals surface area contributed by atoms with Crippen LogP contribution >= 0.6 is 24.0 Å². The molecule has 32 heavy (non-hydrogen) atoms. The Morgan fingerprint density at radius 1 is 1.25 bits per heavy atom. The van der Waals surface area contributed by atoms with Crippen LogP contribution in [0.1, 0.15) is 57.7 Å². The number of hydrogen-bond acceptors (Lipinski definition) is 4. The van der Waals surface area contributed by atoms with Crippen molar-refractivity contribution in [3.05, 3.63) is 41.8 Å². The maximum Gasteiger partial charge on any atom is 0.226 e. The van der Waals surface area contributed by atoms with Crippen molar-refractivity contribution in [2.75, 3.05) is 6.54 Å². The van der Waals surface area contributed by atoms with E-state index in [9.17, 15) is 4.79 Å². The maximum atomic E-state index is 12.4. The predicted molar refractivity (Wildman–Crippen MR) is 139 cm³/mol. The minimum atomic E-state index is 0. The van der Waals surface area contributed by atoms with E-state index in [4.69, 9.17) is 4.42 Å². The number of benzene rings is 1. The van der Waals surface area contributed by atoms with Gasteiger partial charge in [-0.1, -0.05) is 24.1 Å². The number of guanidine groups is 1. The molecule has 0 spiro atoms. The number of carbonyl (C=O) groups is 1. The van der Waals surface area contributed by atoms with Gasteiger partial charge in [-0.2, -0.15) is 0 Å². The summed E-state index contributed by atoms with van der Waals surface area (Å²) >= 11 is 0. The third-order valence-electron chi connectivity index (χ3n) is 5.41. The molecule has 1 fully saturated rings. The average Bonchev–Trinajstić information content (AvgIpc) is 3.21. The first-order chi connectivity index (χ1) is 14.9. The molecule has 3 rings (SSSR count). The highest BCUT2D eigenvalue weighted by molar-refractivity contribution is 14.0.